The summed E-state index contributed by atoms with van der Waals surface area (Å²) in [4.78, 5) is 0. The first-order valence-corrected chi connectivity index (χ1v) is 3.00. The standard InChI is InChI=1S/C4H5F6P/c1-2(11,3(5,6)7)4(8,9)10/h11H2,1H3. The fourth-order valence-corrected chi connectivity index (χ4v) is 0.161. The van der Waals surface area contributed by atoms with Crippen LogP contribution in [0.2, 0.25) is 0 Å². The summed E-state index contributed by atoms with van der Waals surface area (Å²) in [6.45, 7) is 0.0671. The highest BCUT2D eigenvalue weighted by Crippen LogP contribution is 2.48. The molecule has 1 atom stereocenters. The summed E-state index contributed by atoms with van der Waals surface area (Å²) in [5.41, 5.74) is 0. The Morgan fingerprint density at radius 3 is 1.00 bits per heavy atom. The molecule has 0 aromatic rings. The second-order valence-electron chi connectivity index (χ2n) is 2.20. The molecule has 0 rings (SSSR count). The molecule has 1 unspecified atom stereocenters. The first kappa shape index (κ1) is 11.0. The minimum Gasteiger partial charge on any atom is -0.170 e. The first-order valence-electron chi connectivity index (χ1n) is 2.42. The van der Waals surface area contributed by atoms with E-state index in [2.05, 4.69) is 0 Å². The van der Waals surface area contributed by atoms with E-state index in [9.17, 15) is 26.3 Å². The van der Waals surface area contributed by atoms with E-state index >= 15 is 0 Å². The van der Waals surface area contributed by atoms with E-state index < -0.39 is 17.5 Å². The van der Waals surface area contributed by atoms with Crippen LogP contribution in [0.25, 0.3) is 0 Å². The fraction of sp³-hybridized carbons (Fsp3) is 1.00. The number of halogens is 6. The van der Waals surface area contributed by atoms with Gasteiger partial charge in [-0.1, -0.05) is 0 Å². The zero-order chi connectivity index (χ0) is 9.50. The average Bonchev–Trinajstić information content (AvgIpc) is 1.58. The molecule has 68 valence electrons. The molecule has 0 saturated carbocycles. The Hall–Kier alpha value is 0.01000. The summed E-state index contributed by atoms with van der Waals surface area (Å²) in [7, 11) is 0.757. The zero-order valence-electron chi connectivity index (χ0n) is 5.35. The molecule has 0 bridgehead atoms. The van der Waals surface area contributed by atoms with Gasteiger partial charge in [0.2, 0.25) is 0 Å². The molecule has 0 fully saturated rings. The Labute approximate surface area is 61.2 Å². The monoisotopic (exact) mass is 198 g/mol. The van der Waals surface area contributed by atoms with E-state index in [0.717, 1.165) is 9.24 Å². The van der Waals surface area contributed by atoms with E-state index in [1.807, 2.05) is 0 Å². The van der Waals surface area contributed by atoms with E-state index in [1.165, 1.54) is 0 Å². The predicted molar refractivity (Wildman–Crippen MR) is 30.2 cm³/mol. The quantitative estimate of drug-likeness (QED) is 0.414. The van der Waals surface area contributed by atoms with Crippen molar-refractivity contribution in [3.63, 3.8) is 0 Å². The fourth-order valence-electron chi connectivity index (χ4n) is 0.161. The van der Waals surface area contributed by atoms with Crippen molar-refractivity contribution in [3.05, 3.63) is 0 Å². The van der Waals surface area contributed by atoms with Crippen LogP contribution in [-0.2, 0) is 0 Å². The number of alkyl halides is 6. The second-order valence-corrected chi connectivity index (χ2v) is 3.35. The summed E-state index contributed by atoms with van der Waals surface area (Å²) < 4.78 is 69.5. The van der Waals surface area contributed by atoms with Gasteiger partial charge in [0.25, 0.3) is 0 Å². The van der Waals surface area contributed by atoms with E-state index in [4.69, 9.17) is 0 Å². The highest BCUT2D eigenvalue weighted by atomic mass is 31.0. The SMILES string of the molecule is CC(P)(C(F)(F)F)C(F)(F)F. The number of rotatable bonds is 0. The van der Waals surface area contributed by atoms with Gasteiger partial charge in [-0.3, -0.25) is 0 Å². The third-order valence-electron chi connectivity index (χ3n) is 1.18. The van der Waals surface area contributed by atoms with Crippen LogP contribution in [0.5, 0.6) is 0 Å². The Kier molecular flexibility index (Phi) is 2.51. The summed E-state index contributed by atoms with van der Waals surface area (Å²) >= 11 is 0. The van der Waals surface area contributed by atoms with Crippen molar-refractivity contribution in [2.24, 2.45) is 0 Å². The molecular formula is C4H5F6P. The van der Waals surface area contributed by atoms with Crippen molar-refractivity contribution in [1.29, 1.82) is 0 Å². The van der Waals surface area contributed by atoms with Gasteiger partial charge < -0.3 is 0 Å². The van der Waals surface area contributed by atoms with Crippen molar-refractivity contribution < 1.29 is 26.3 Å². The number of hydrogen-bond donors (Lipinski definition) is 0. The number of hydrogen-bond acceptors (Lipinski definition) is 0. The molecule has 0 saturated heterocycles. The summed E-state index contributed by atoms with van der Waals surface area (Å²) in [5, 5.41) is -3.71. The van der Waals surface area contributed by atoms with E-state index in [1.54, 1.807) is 0 Å². The van der Waals surface area contributed by atoms with Crippen LogP contribution >= 0.6 is 9.24 Å². The van der Waals surface area contributed by atoms with Gasteiger partial charge >= 0.3 is 12.4 Å². The molecule has 7 heteroatoms. The summed E-state index contributed by atoms with van der Waals surface area (Å²) in [5.74, 6) is 0. The van der Waals surface area contributed by atoms with Crippen LogP contribution in [0.3, 0.4) is 0 Å². The van der Waals surface area contributed by atoms with Gasteiger partial charge in [0.15, 0.2) is 5.16 Å². The lowest BCUT2D eigenvalue weighted by Gasteiger charge is -2.29. The minimum absolute atomic E-state index is 0.0671. The van der Waals surface area contributed by atoms with Gasteiger partial charge in [-0.05, 0) is 6.92 Å². The van der Waals surface area contributed by atoms with Gasteiger partial charge in [-0.15, -0.1) is 9.24 Å². The first-order chi connectivity index (χ1) is 4.50. The summed E-state index contributed by atoms with van der Waals surface area (Å²) in [6, 6.07) is 0. The second kappa shape index (κ2) is 2.51. The zero-order valence-corrected chi connectivity index (χ0v) is 6.50. The van der Waals surface area contributed by atoms with Crippen molar-refractivity contribution in [3.8, 4) is 0 Å². The van der Waals surface area contributed by atoms with Crippen LogP contribution in [0, 0.1) is 0 Å². The maximum atomic E-state index is 11.6. The van der Waals surface area contributed by atoms with Gasteiger partial charge in [-0.2, -0.15) is 26.3 Å². The molecule has 0 spiro atoms. The lowest BCUT2D eigenvalue weighted by molar-refractivity contribution is -0.259. The third-order valence-corrected chi connectivity index (χ3v) is 1.83. The molecule has 0 radical (unpaired) electrons. The maximum Gasteiger partial charge on any atom is 0.406 e. The summed E-state index contributed by atoms with van der Waals surface area (Å²) in [6.07, 6.45) is -10.6. The van der Waals surface area contributed by atoms with Crippen LogP contribution in [-0.4, -0.2) is 17.5 Å². The van der Waals surface area contributed by atoms with Crippen molar-refractivity contribution >= 4 is 9.24 Å². The minimum atomic E-state index is -5.28. The van der Waals surface area contributed by atoms with Crippen molar-refractivity contribution in [2.75, 3.05) is 0 Å². The van der Waals surface area contributed by atoms with Crippen molar-refractivity contribution in [2.45, 2.75) is 24.4 Å². The normalized spacial score (nSPS) is 15.3. The van der Waals surface area contributed by atoms with E-state index in [0.29, 0.717) is 0 Å². The van der Waals surface area contributed by atoms with Crippen LogP contribution < -0.4 is 0 Å². The molecule has 0 aliphatic carbocycles. The maximum absolute atomic E-state index is 11.6. The molecule has 0 aromatic heterocycles. The van der Waals surface area contributed by atoms with Gasteiger partial charge in [0.1, 0.15) is 0 Å². The predicted octanol–water partition coefficient (Wildman–Crippen LogP) is 2.74. The Morgan fingerprint density at radius 1 is 0.818 bits per heavy atom. The smallest absolute Gasteiger partial charge is 0.170 e. The Balaban J connectivity index is 4.75. The molecule has 0 aromatic carbocycles. The highest BCUT2D eigenvalue weighted by molar-refractivity contribution is 7.19. The van der Waals surface area contributed by atoms with Crippen LogP contribution in [0.4, 0.5) is 26.3 Å². The topological polar surface area (TPSA) is 0 Å². The molecule has 11 heavy (non-hydrogen) atoms. The van der Waals surface area contributed by atoms with E-state index in [-0.39, 0.29) is 6.92 Å². The lowest BCUT2D eigenvalue weighted by Crippen LogP contribution is -2.48. The molecular weight excluding hydrogens is 193 g/mol. The third kappa shape index (κ3) is 1.98. The molecule has 0 aliphatic heterocycles. The molecule has 0 N–H and O–H groups in total. The van der Waals surface area contributed by atoms with Crippen LogP contribution in [0.15, 0.2) is 0 Å². The average molecular weight is 198 g/mol. The largest absolute Gasteiger partial charge is 0.406 e. The van der Waals surface area contributed by atoms with Crippen molar-refractivity contribution in [1.82, 2.24) is 0 Å². The van der Waals surface area contributed by atoms with Gasteiger partial charge in [0, 0.05) is 0 Å². The molecule has 0 aliphatic rings. The molecule has 0 amide bonds. The molecule has 0 nitrogen and oxygen atoms in total. The van der Waals surface area contributed by atoms with Gasteiger partial charge in [0.05, 0.1) is 0 Å². The van der Waals surface area contributed by atoms with Crippen LogP contribution in [0.1, 0.15) is 6.92 Å². The Bertz CT molecular complexity index is 126. The lowest BCUT2D eigenvalue weighted by atomic mass is 10.1. The van der Waals surface area contributed by atoms with Gasteiger partial charge in [-0.25, -0.2) is 0 Å². The Morgan fingerprint density at radius 2 is 1.00 bits per heavy atom. The highest BCUT2D eigenvalue weighted by Gasteiger charge is 2.64. The molecule has 0 heterocycles.